The van der Waals surface area contributed by atoms with E-state index in [2.05, 4.69) is 10.2 Å². The van der Waals surface area contributed by atoms with Gasteiger partial charge in [-0.1, -0.05) is 0 Å². The van der Waals surface area contributed by atoms with Crippen molar-refractivity contribution in [2.24, 2.45) is 13.0 Å². The maximum absolute atomic E-state index is 12.7. The molecule has 2 aromatic rings. The van der Waals surface area contributed by atoms with Crippen LogP contribution in [0, 0.1) is 5.92 Å². The van der Waals surface area contributed by atoms with E-state index in [1.807, 2.05) is 23.1 Å². The third-order valence-electron chi connectivity index (χ3n) is 5.28. The zero-order chi connectivity index (χ0) is 16.0. The molecule has 3 saturated heterocycles. The highest BCUT2D eigenvalue weighted by molar-refractivity contribution is 7.17. The second kappa shape index (κ2) is 5.76. The lowest BCUT2D eigenvalue weighted by Crippen LogP contribution is -2.49. The lowest BCUT2D eigenvalue weighted by molar-refractivity contribution is 0.0834. The van der Waals surface area contributed by atoms with Crippen molar-refractivity contribution >= 4 is 27.5 Å². The number of amides is 1. The molecule has 0 radical (unpaired) electrons. The molecule has 0 spiro atoms. The van der Waals surface area contributed by atoms with Gasteiger partial charge in [0.2, 0.25) is 5.43 Å². The van der Waals surface area contributed by atoms with Crippen molar-refractivity contribution in [2.75, 3.05) is 13.1 Å². The van der Waals surface area contributed by atoms with E-state index in [0.717, 1.165) is 30.9 Å². The fourth-order valence-corrected chi connectivity index (χ4v) is 4.76. The smallest absolute Gasteiger partial charge is 0.258 e. The standard InChI is InChI=1S/C17H21N3O2S/c1-19-10-12(15(21)16-13(19)6-9-23-16)17(22)18-14-3-2-11-4-7-20(14)8-5-11/h6,9-11,14H,2-5,7-8H2,1H3,(H,18,22). The van der Waals surface area contributed by atoms with E-state index in [-0.39, 0.29) is 23.1 Å². The van der Waals surface area contributed by atoms with Crippen molar-refractivity contribution in [2.45, 2.75) is 31.8 Å². The van der Waals surface area contributed by atoms with Gasteiger partial charge in [0.1, 0.15) is 5.56 Å². The summed E-state index contributed by atoms with van der Waals surface area (Å²) in [7, 11) is 1.88. The highest BCUT2D eigenvalue weighted by Gasteiger charge is 2.31. The summed E-state index contributed by atoms with van der Waals surface area (Å²) < 4.78 is 2.52. The summed E-state index contributed by atoms with van der Waals surface area (Å²) in [6.45, 7) is 2.11. The number of piperidine rings is 1. The van der Waals surface area contributed by atoms with Gasteiger partial charge in [-0.05, 0) is 43.0 Å². The Hall–Kier alpha value is -1.66. The molecule has 1 amide bonds. The summed E-state index contributed by atoms with van der Waals surface area (Å²) in [4.78, 5) is 27.6. The molecule has 0 aromatic carbocycles. The fraction of sp³-hybridized carbons (Fsp3) is 0.529. The molecular weight excluding hydrogens is 310 g/mol. The number of hydrogen-bond acceptors (Lipinski definition) is 4. The van der Waals surface area contributed by atoms with Crippen LogP contribution >= 0.6 is 11.3 Å². The summed E-state index contributed by atoms with van der Waals surface area (Å²) in [6, 6.07) is 1.92. The number of fused-ring (bicyclic) bond motifs is 5. The Bertz CT molecular complexity index is 802. The molecule has 3 fully saturated rings. The largest absolute Gasteiger partial charge is 0.349 e. The van der Waals surface area contributed by atoms with Gasteiger partial charge in [0, 0.05) is 26.3 Å². The van der Waals surface area contributed by atoms with Crippen molar-refractivity contribution in [3.05, 3.63) is 33.4 Å². The molecule has 0 aliphatic carbocycles. The molecule has 2 bridgehead atoms. The molecule has 2 aromatic heterocycles. The number of nitrogens with one attached hydrogen (secondary N) is 1. The van der Waals surface area contributed by atoms with E-state index in [9.17, 15) is 9.59 Å². The number of rotatable bonds is 2. The van der Waals surface area contributed by atoms with Gasteiger partial charge in [0.25, 0.3) is 5.91 Å². The van der Waals surface area contributed by atoms with Crippen LogP contribution in [-0.2, 0) is 7.05 Å². The molecule has 5 rings (SSSR count). The monoisotopic (exact) mass is 331 g/mol. The van der Waals surface area contributed by atoms with Gasteiger partial charge in [0.15, 0.2) is 0 Å². The molecule has 0 saturated carbocycles. The van der Waals surface area contributed by atoms with Crippen LogP contribution in [0.5, 0.6) is 0 Å². The highest BCUT2D eigenvalue weighted by Crippen LogP contribution is 2.29. The zero-order valence-corrected chi connectivity index (χ0v) is 14.1. The van der Waals surface area contributed by atoms with E-state index in [1.54, 1.807) is 6.20 Å². The SMILES string of the molecule is Cn1cc(C(=O)NC2CCC3CCN2CC3)c(=O)c2sccc21. The average molecular weight is 331 g/mol. The molecule has 3 aliphatic rings. The number of thiophene rings is 1. The Morgan fingerprint density at radius 3 is 2.83 bits per heavy atom. The molecule has 1 unspecified atom stereocenters. The minimum absolute atomic E-state index is 0.0683. The minimum Gasteiger partial charge on any atom is -0.349 e. The number of nitrogens with zero attached hydrogens (tertiary/aromatic N) is 2. The molecule has 6 heteroatoms. The first kappa shape index (κ1) is 14.9. The Balaban J connectivity index is 1.62. The number of aryl methyl sites for hydroxylation is 1. The molecule has 1 N–H and O–H groups in total. The first-order chi connectivity index (χ1) is 11.1. The Morgan fingerprint density at radius 1 is 1.26 bits per heavy atom. The fourth-order valence-electron chi connectivity index (χ4n) is 3.88. The number of carbonyl (C=O) groups excluding carboxylic acids is 1. The van der Waals surface area contributed by atoms with Gasteiger partial charge in [-0.25, -0.2) is 0 Å². The number of aromatic nitrogens is 1. The van der Waals surface area contributed by atoms with Crippen LogP contribution in [-0.4, -0.2) is 34.6 Å². The summed E-state index contributed by atoms with van der Waals surface area (Å²) in [5.74, 6) is 0.569. The first-order valence-corrected chi connectivity index (χ1v) is 9.13. The molecular formula is C17H21N3O2S. The predicted molar refractivity (Wildman–Crippen MR) is 91.9 cm³/mol. The van der Waals surface area contributed by atoms with E-state index in [4.69, 9.17) is 0 Å². The Morgan fingerprint density at radius 2 is 2.04 bits per heavy atom. The molecule has 122 valence electrons. The maximum atomic E-state index is 12.7. The quantitative estimate of drug-likeness (QED) is 0.917. The van der Waals surface area contributed by atoms with Gasteiger partial charge in [0.05, 0.1) is 16.4 Å². The average Bonchev–Trinajstić information content (AvgIpc) is 2.91. The number of carbonyl (C=O) groups is 1. The molecule has 3 aliphatic heterocycles. The zero-order valence-electron chi connectivity index (χ0n) is 13.2. The second-order valence-electron chi connectivity index (χ2n) is 6.66. The van der Waals surface area contributed by atoms with Crippen molar-refractivity contribution in [3.8, 4) is 0 Å². The Kier molecular flexibility index (Phi) is 3.73. The van der Waals surface area contributed by atoms with Crippen molar-refractivity contribution < 1.29 is 4.79 Å². The van der Waals surface area contributed by atoms with Crippen LogP contribution in [0.4, 0.5) is 0 Å². The molecule has 23 heavy (non-hydrogen) atoms. The summed E-state index contributed by atoms with van der Waals surface area (Å²) in [6.07, 6.45) is 6.35. The van der Waals surface area contributed by atoms with Crippen LogP contribution in [0.2, 0.25) is 0 Å². The van der Waals surface area contributed by atoms with Crippen LogP contribution in [0.1, 0.15) is 36.0 Å². The first-order valence-electron chi connectivity index (χ1n) is 8.25. The third-order valence-corrected chi connectivity index (χ3v) is 6.18. The lowest BCUT2D eigenvalue weighted by atomic mass is 9.95. The minimum atomic E-state index is -0.240. The summed E-state index contributed by atoms with van der Waals surface area (Å²) >= 11 is 1.40. The summed E-state index contributed by atoms with van der Waals surface area (Å²) in [5, 5.41) is 5.00. The van der Waals surface area contributed by atoms with E-state index < -0.39 is 0 Å². The van der Waals surface area contributed by atoms with E-state index in [0.29, 0.717) is 4.70 Å². The van der Waals surface area contributed by atoms with E-state index in [1.165, 1.54) is 30.6 Å². The Labute approximate surface area is 138 Å². The predicted octanol–water partition coefficient (Wildman–Crippen LogP) is 2.16. The summed E-state index contributed by atoms with van der Waals surface area (Å²) in [5.41, 5.74) is 0.981. The number of pyridine rings is 1. The van der Waals surface area contributed by atoms with Crippen molar-refractivity contribution in [1.29, 1.82) is 0 Å². The molecule has 5 heterocycles. The van der Waals surface area contributed by atoms with Gasteiger partial charge in [-0.15, -0.1) is 11.3 Å². The van der Waals surface area contributed by atoms with Gasteiger partial charge >= 0.3 is 0 Å². The van der Waals surface area contributed by atoms with Gasteiger partial charge in [-0.3, -0.25) is 14.5 Å². The van der Waals surface area contributed by atoms with Crippen LogP contribution in [0.15, 0.2) is 22.4 Å². The maximum Gasteiger partial charge on any atom is 0.258 e. The molecule has 1 atom stereocenters. The topological polar surface area (TPSA) is 54.3 Å². The van der Waals surface area contributed by atoms with Crippen LogP contribution in [0.25, 0.3) is 10.2 Å². The van der Waals surface area contributed by atoms with E-state index >= 15 is 0 Å². The molecule has 5 nitrogen and oxygen atoms in total. The normalized spacial score (nSPS) is 27.1. The van der Waals surface area contributed by atoms with Crippen LogP contribution < -0.4 is 10.7 Å². The van der Waals surface area contributed by atoms with Crippen molar-refractivity contribution in [3.63, 3.8) is 0 Å². The van der Waals surface area contributed by atoms with Gasteiger partial charge in [-0.2, -0.15) is 0 Å². The van der Waals surface area contributed by atoms with Crippen LogP contribution in [0.3, 0.4) is 0 Å². The lowest BCUT2D eigenvalue weighted by Gasteiger charge is -2.32. The third kappa shape index (κ3) is 2.60. The second-order valence-corrected chi connectivity index (χ2v) is 7.58. The number of hydrogen-bond donors (Lipinski definition) is 1. The van der Waals surface area contributed by atoms with Crippen molar-refractivity contribution in [1.82, 2.24) is 14.8 Å². The highest BCUT2D eigenvalue weighted by atomic mass is 32.1. The van der Waals surface area contributed by atoms with Gasteiger partial charge < -0.3 is 9.88 Å².